The third-order valence-electron chi connectivity index (χ3n) is 3.94. The Morgan fingerprint density at radius 3 is 2.36 bits per heavy atom. The number of rotatable bonds is 4. The fourth-order valence-corrected chi connectivity index (χ4v) is 2.80. The van der Waals surface area contributed by atoms with Crippen LogP contribution in [-0.4, -0.2) is 24.3 Å². The second kappa shape index (κ2) is 7.52. The molecule has 1 fully saturated rings. The largest absolute Gasteiger partial charge is 0.444 e. The monoisotopic (exact) mass is 304 g/mol. The normalized spacial score (nSPS) is 22.0. The van der Waals surface area contributed by atoms with E-state index in [1.54, 1.807) is 0 Å². The molecule has 122 valence electrons. The number of alkyl carbamates (subject to hydrolysis) is 1. The van der Waals surface area contributed by atoms with Crippen LogP contribution in [0.5, 0.6) is 0 Å². The first kappa shape index (κ1) is 16.7. The van der Waals surface area contributed by atoms with Crippen molar-refractivity contribution in [1.29, 1.82) is 0 Å². The van der Waals surface area contributed by atoms with E-state index in [0.717, 1.165) is 32.2 Å². The number of hydrogen-bond acceptors (Lipinski definition) is 3. The molecule has 22 heavy (non-hydrogen) atoms. The van der Waals surface area contributed by atoms with Crippen LogP contribution in [0.15, 0.2) is 30.3 Å². The molecule has 0 aromatic heterocycles. The first-order chi connectivity index (χ1) is 10.4. The molecule has 0 atom stereocenters. The molecule has 2 N–H and O–H groups in total. The Morgan fingerprint density at radius 1 is 1.14 bits per heavy atom. The van der Waals surface area contributed by atoms with E-state index < -0.39 is 5.60 Å². The Kier molecular flexibility index (Phi) is 5.69. The van der Waals surface area contributed by atoms with Crippen molar-refractivity contribution in [3.63, 3.8) is 0 Å². The number of nitrogens with one attached hydrogen (secondary N) is 2. The van der Waals surface area contributed by atoms with Gasteiger partial charge in [-0.15, -0.1) is 0 Å². The topological polar surface area (TPSA) is 50.4 Å². The Hall–Kier alpha value is -1.71. The summed E-state index contributed by atoms with van der Waals surface area (Å²) < 4.78 is 5.31. The first-order valence-corrected chi connectivity index (χ1v) is 8.21. The highest BCUT2D eigenvalue weighted by molar-refractivity contribution is 5.68. The van der Waals surface area contributed by atoms with E-state index in [2.05, 4.69) is 22.8 Å². The van der Waals surface area contributed by atoms with Gasteiger partial charge >= 0.3 is 6.09 Å². The van der Waals surface area contributed by atoms with E-state index in [4.69, 9.17) is 4.74 Å². The van der Waals surface area contributed by atoms with Gasteiger partial charge in [-0.05, 0) is 64.5 Å². The molecule has 4 heteroatoms. The van der Waals surface area contributed by atoms with Crippen molar-refractivity contribution < 1.29 is 9.53 Å². The highest BCUT2D eigenvalue weighted by Crippen LogP contribution is 2.25. The third-order valence-corrected chi connectivity index (χ3v) is 3.94. The molecule has 1 aliphatic carbocycles. The lowest BCUT2D eigenvalue weighted by atomic mass is 9.86. The van der Waals surface area contributed by atoms with Crippen LogP contribution in [0.4, 0.5) is 10.5 Å². The molecule has 1 saturated carbocycles. The van der Waals surface area contributed by atoms with E-state index in [1.807, 2.05) is 39.0 Å². The molecule has 1 aliphatic rings. The Labute approximate surface area is 133 Å². The third kappa shape index (κ3) is 5.96. The number of benzene rings is 1. The molecule has 0 saturated heterocycles. The van der Waals surface area contributed by atoms with Gasteiger partial charge in [-0.2, -0.15) is 0 Å². The zero-order valence-corrected chi connectivity index (χ0v) is 13.9. The smallest absolute Gasteiger partial charge is 0.407 e. The van der Waals surface area contributed by atoms with Crippen LogP contribution in [0, 0.1) is 5.92 Å². The van der Waals surface area contributed by atoms with Gasteiger partial charge in [0.25, 0.3) is 0 Å². The lowest BCUT2D eigenvalue weighted by Crippen LogP contribution is -2.41. The van der Waals surface area contributed by atoms with Crippen molar-refractivity contribution in [1.82, 2.24) is 5.32 Å². The molecule has 0 heterocycles. The molecule has 1 aromatic carbocycles. The van der Waals surface area contributed by atoms with Crippen LogP contribution in [0.1, 0.15) is 46.5 Å². The molecule has 0 bridgehead atoms. The number of amides is 1. The first-order valence-electron chi connectivity index (χ1n) is 8.21. The molecule has 1 amide bonds. The van der Waals surface area contributed by atoms with Gasteiger partial charge in [0.05, 0.1) is 0 Å². The second-order valence-corrected chi connectivity index (χ2v) is 7.11. The fraction of sp³-hybridized carbons (Fsp3) is 0.611. The van der Waals surface area contributed by atoms with E-state index >= 15 is 0 Å². The van der Waals surface area contributed by atoms with Crippen LogP contribution >= 0.6 is 0 Å². The summed E-state index contributed by atoms with van der Waals surface area (Å²) in [7, 11) is 0. The Morgan fingerprint density at radius 2 is 1.77 bits per heavy atom. The van der Waals surface area contributed by atoms with Crippen molar-refractivity contribution in [2.24, 2.45) is 5.92 Å². The average Bonchev–Trinajstić information content (AvgIpc) is 2.45. The van der Waals surface area contributed by atoms with E-state index in [-0.39, 0.29) is 12.1 Å². The van der Waals surface area contributed by atoms with Crippen LogP contribution in [-0.2, 0) is 4.74 Å². The summed E-state index contributed by atoms with van der Waals surface area (Å²) in [4.78, 5) is 11.8. The SMILES string of the molecule is CC(C)(C)OC(=O)NC1CCC(CNc2ccccc2)CC1. The second-order valence-electron chi connectivity index (χ2n) is 7.11. The minimum atomic E-state index is -0.430. The molecular weight excluding hydrogens is 276 g/mol. The highest BCUT2D eigenvalue weighted by atomic mass is 16.6. The summed E-state index contributed by atoms with van der Waals surface area (Å²) in [5.74, 6) is 0.678. The molecule has 0 unspecified atom stereocenters. The number of carbonyl (C=O) groups is 1. The quantitative estimate of drug-likeness (QED) is 0.877. The van der Waals surface area contributed by atoms with Crippen molar-refractivity contribution in [3.05, 3.63) is 30.3 Å². The predicted octanol–water partition coefficient (Wildman–Crippen LogP) is 4.18. The van der Waals surface area contributed by atoms with Crippen LogP contribution in [0.25, 0.3) is 0 Å². The zero-order chi connectivity index (χ0) is 16.0. The van der Waals surface area contributed by atoms with Gasteiger partial charge in [0.1, 0.15) is 5.60 Å². The van der Waals surface area contributed by atoms with Crippen molar-refractivity contribution in [2.45, 2.75) is 58.1 Å². The Balaban J connectivity index is 1.66. The molecule has 4 nitrogen and oxygen atoms in total. The van der Waals surface area contributed by atoms with Gasteiger partial charge < -0.3 is 15.4 Å². The maximum Gasteiger partial charge on any atom is 0.407 e. The molecule has 2 rings (SSSR count). The molecule has 1 aromatic rings. The fourth-order valence-electron chi connectivity index (χ4n) is 2.80. The summed E-state index contributed by atoms with van der Waals surface area (Å²) in [5, 5.41) is 6.48. The number of ether oxygens (including phenoxy) is 1. The van der Waals surface area contributed by atoms with Gasteiger partial charge in [0.15, 0.2) is 0 Å². The number of carbonyl (C=O) groups excluding carboxylic acids is 1. The minimum Gasteiger partial charge on any atom is -0.444 e. The standard InChI is InChI=1S/C18H28N2O2/c1-18(2,3)22-17(21)20-16-11-9-14(10-12-16)13-19-15-7-5-4-6-8-15/h4-8,14,16,19H,9-13H2,1-3H3,(H,20,21). The summed E-state index contributed by atoms with van der Waals surface area (Å²) in [6, 6.07) is 10.6. The van der Waals surface area contributed by atoms with Crippen molar-refractivity contribution in [2.75, 3.05) is 11.9 Å². The van der Waals surface area contributed by atoms with Crippen LogP contribution in [0.3, 0.4) is 0 Å². The van der Waals surface area contributed by atoms with Gasteiger partial charge in [0, 0.05) is 18.3 Å². The average molecular weight is 304 g/mol. The summed E-state index contributed by atoms with van der Waals surface area (Å²) in [6.45, 7) is 6.67. The van der Waals surface area contributed by atoms with Gasteiger partial charge in [-0.25, -0.2) is 4.79 Å². The zero-order valence-electron chi connectivity index (χ0n) is 13.9. The summed E-state index contributed by atoms with van der Waals surface area (Å²) in [6.07, 6.45) is 4.04. The van der Waals surface area contributed by atoms with E-state index in [0.29, 0.717) is 5.92 Å². The minimum absolute atomic E-state index is 0.253. The van der Waals surface area contributed by atoms with Gasteiger partial charge in [-0.1, -0.05) is 18.2 Å². The molecule has 0 aliphatic heterocycles. The maximum absolute atomic E-state index is 11.8. The maximum atomic E-state index is 11.8. The molecule has 0 radical (unpaired) electrons. The molecule has 0 spiro atoms. The van der Waals surface area contributed by atoms with E-state index in [1.165, 1.54) is 5.69 Å². The molecular formula is C18H28N2O2. The highest BCUT2D eigenvalue weighted by Gasteiger charge is 2.24. The number of anilines is 1. The number of hydrogen-bond donors (Lipinski definition) is 2. The number of para-hydroxylation sites is 1. The summed E-state index contributed by atoms with van der Waals surface area (Å²) in [5.41, 5.74) is 0.748. The van der Waals surface area contributed by atoms with Crippen LogP contribution in [0.2, 0.25) is 0 Å². The van der Waals surface area contributed by atoms with Crippen molar-refractivity contribution >= 4 is 11.8 Å². The lowest BCUT2D eigenvalue weighted by molar-refractivity contribution is 0.0488. The van der Waals surface area contributed by atoms with Crippen LogP contribution < -0.4 is 10.6 Å². The van der Waals surface area contributed by atoms with Crippen molar-refractivity contribution in [3.8, 4) is 0 Å². The summed E-state index contributed by atoms with van der Waals surface area (Å²) >= 11 is 0. The lowest BCUT2D eigenvalue weighted by Gasteiger charge is -2.30. The van der Waals surface area contributed by atoms with Gasteiger partial charge in [0.2, 0.25) is 0 Å². The van der Waals surface area contributed by atoms with Gasteiger partial charge in [-0.3, -0.25) is 0 Å². The Bertz CT molecular complexity index is 460. The predicted molar refractivity (Wildman–Crippen MR) is 90.0 cm³/mol. The van der Waals surface area contributed by atoms with E-state index in [9.17, 15) is 4.79 Å².